The summed E-state index contributed by atoms with van der Waals surface area (Å²) in [6.45, 7) is 1.43. The highest BCUT2D eigenvalue weighted by Crippen LogP contribution is 2.29. The minimum absolute atomic E-state index is 0.289. The number of aldehydes is 1. The van der Waals surface area contributed by atoms with Gasteiger partial charge in [-0.15, -0.1) is 0 Å². The molecule has 1 fully saturated rings. The quantitative estimate of drug-likeness (QED) is 0.844. The minimum atomic E-state index is -0.475. The van der Waals surface area contributed by atoms with Crippen molar-refractivity contribution in [3.8, 4) is 0 Å². The minimum Gasteiger partial charge on any atom is -0.377 e. The lowest BCUT2D eigenvalue weighted by Crippen LogP contribution is -2.52. The van der Waals surface area contributed by atoms with Gasteiger partial charge in [-0.3, -0.25) is 9.59 Å². The molecule has 1 aromatic rings. The fourth-order valence-corrected chi connectivity index (χ4v) is 2.58. The Hall–Kier alpha value is -1.40. The maximum Gasteiger partial charge on any atom is 0.242 e. The second kappa shape index (κ2) is 5.49. The van der Waals surface area contributed by atoms with Gasteiger partial charge in [-0.25, -0.2) is 0 Å². The molecule has 0 saturated carbocycles. The van der Waals surface area contributed by atoms with E-state index in [9.17, 15) is 9.59 Å². The molecule has 2 N–H and O–H groups in total. The van der Waals surface area contributed by atoms with E-state index in [-0.39, 0.29) is 6.61 Å². The standard InChI is InChI=1S/C12H13BrN2O3/c13-9-5-8(6-16)1-2-10(9)15-3-4-18-7-11(15)12(14)17/h1-2,5-6,11H,3-4,7H2,(H2,14,17). The van der Waals surface area contributed by atoms with Gasteiger partial charge in [-0.1, -0.05) is 0 Å². The zero-order valence-electron chi connectivity index (χ0n) is 9.64. The number of hydrogen-bond donors (Lipinski definition) is 1. The Morgan fingerprint density at radius 1 is 1.56 bits per heavy atom. The lowest BCUT2D eigenvalue weighted by atomic mass is 10.1. The van der Waals surface area contributed by atoms with Gasteiger partial charge in [0, 0.05) is 16.6 Å². The smallest absolute Gasteiger partial charge is 0.242 e. The molecular formula is C12H13BrN2O3. The summed E-state index contributed by atoms with van der Waals surface area (Å²) < 4.78 is 6.03. The summed E-state index contributed by atoms with van der Waals surface area (Å²) in [6.07, 6.45) is 0.777. The van der Waals surface area contributed by atoms with Crippen molar-refractivity contribution in [3.05, 3.63) is 28.2 Å². The highest BCUT2D eigenvalue weighted by atomic mass is 79.9. The van der Waals surface area contributed by atoms with E-state index in [1.165, 1.54) is 0 Å². The molecule has 1 aliphatic rings. The fraction of sp³-hybridized carbons (Fsp3) is 0.333. The Bertz CT molecular complexity index is 478. The number of nitrogens with zero attached hydrogens (tertiary/aromatic N) is 1. The van der Waals surface area contributed by atoms with Crippen LogP contribution in [0.2, 0.25) is 0 Å². The lowest BCUT2D eigenvalue weighted by molar-refractivity contribution is -0.121. The summed E-state index contributed by atoms with van der Waals surface area (Å²) in [5.74, 6) is -0.416. The summed E-state index contributed by atoms with van der Waals surface area (Å²) in [5, 5.41) is 0. The maximum atomic E-state index is 11.4. The van der Waals surface area contributed by atoms with Crippen molar-refractivity contribution >= 4 is 33.8 Å². The lowest BCUT2D eigenvalue weighted by Gasteiger charge is -2.36. The molecule has 5 nitrogen and oxygen atoms in total. The molecule has 0 aliphatic carbocycles. The Labute approximate surface area is 113 Å². The van der Waals surface area contributed by atoms with Crippen LogP contribution in [0.15, 0.2) is 22.7 Å². The van der Waals surface area contributed by atoms with E-state index < -0.39 is 11.9 Å². The molecule has 1 amide bonds. The van der Waals surface area contributed by atoms with Crippen molar-refractivity contribution in [3.63, 3.8) is 0 Å². The molecule has 96 valence electrons. The van der Waals surface area contributed by atoms with E-state index in [1.807, 2.05) is 4.90 Å². The number of nitrogens with two attached hydrogens (primary N) is 1. The Balaban J connectivity index is 2.33. The maximum absolute atomic E-state index is 11.4. The van der Waals surface area contributed by atoms with Crippen molar-refractivity contribution in [2.24, 2.45) is 5.73 Å². The van der Waals surface area contributed by atoms with Crippen LogP contribution < -0.4 is 10.6 Å². The van der Waals surface area contributed by atoms with Gasteiger partial charge in [0.15, 0.2) is 0 Å². The normalized spacial score (nSPS) is 19.6. The van der Waals surface area contributed by atoms with Crippen LogP contribution >= 0.6 is 15.9 Å². The predicted octanol–water partition coefficient (Wildman–Crippen LogP) is 0.952. The Kier molecular flexibility index (Phi) is 3.98. The topological polar surface area (TPSA) is 72.6 Å². The molecule has 1 aliphatic heterocycles. The summed E-state index contributed by atoms with van der Waals surface area (Å²) >= 11 is 3.41. The third-order valence-electron chi connectivity index (χ3n) is 2.87. The van der Waals surface area contributed by atoms with Gasteiger partial charge in [-0.2, -0.15) is 0 Å². The molecule has 1 atom stereocenters. The highest BCUT2D eigenvalue weighted by Gasteiger charge is 2.28. The van der Waals surface area contributed by atoms with Crippen molar-refractivity contribution in [1.29, 1.82) is 0 Å². The Morgan fingerprint density at radius 3 is 2.94 bits per heavy atom. The van der Waals surface area contributed by atoms with Gasteiger partial charge in [0.1, 0.15) is 12.3 Å². The second-order valence-electron chi connectivity index (χ2n) is 4.02. The van der Waals surface area contributed by atoms with Gasteiger partial charge in [0.25, 0.3) is 0 Å². The molecule has 0 spiro atoms. The van der Waals surface area contributed by atoms with Crippen molar-refractivity contribution in [1.82, 2.24) is 0 Å². The molecule has 1 unspecified atom stereocenters. The number of halogens is 1. The predicted molar refractivity (Wildman–Crippen MR) is 70.7 cm³/mol. The third-order valence-corrected chi connectivity index (χ3v) is 3.51. The zero-order chi connectivity index (χ0) is 13.1. The second-order valence-corrected chi connectivity index (χ2v) is 4.87. The van der Waals surface area contributed by atoms with Crippen LogP contribution in [-0.4, -0.2) is 38.0 Å². The van der Waals surface area contributed by atoms with Crippen LogP contribution in [0, 0.1) is 0 Å². The number of hydrogen-bond acceptors (Lipinski definition) is 4. The van der Waals surface area contributed by atoms with Crippen LogP contribution in [-0.2, 0) is 9.53 Å². The van der Waals surface area contributed by atoms with Gasteiger partial charge in [0.2, 0.25) is 5.91 Å². The molecule has 0 radical (unpaired) electrons. The number of amides is 1. The van der Waals surface area contributed by atoms with Crippen LogP contribution in [0.4, 0.5) is 5.69 Å². The summed E-state index contributed by atoms with van der Waals surface area (Å²) in [7, 11) is 0. The molecule has 18 heavy (non-hydrogen) atoms. The first-order valence-electron chi connectivity index (χ1n) is 5.52. The van der Waals surface area contributed by atoms with E-state index in [2.05, 4.69) is 15.9 Å². The van der Waals surface area contributed by atoms with Crippen LogP contribution in [0.5, 0.6) is 0 Å². The van der Waals surface area contributed by atoms with Crippen molar-refractivity contribution in [2.45, 2.75) is 6.04 Å². The zero-order valence-corrected chi connectivity index (χ0v) is 11.2. The van der Waals surface area contributed by atoms with Crippen LogP contribution in [0.25, 0.3) is 0 Å². The van der Waals surface area contributed by atoms with Crippen molar-refractivity contribution < 1.29 is 14.3 Å². The Morgan fingerprint density at radius 2 is 2.33 bits per heavy atom. The average molecular weight is 313 g/mol. The number of morpholine rings is 1. The fourth-order valence-electron chi connectivity index (χ4n) is 1.96. The summed E-state index contributed by atoms with van der Waals surface area (Å²) in [5.41, 5.74) is 6.79. The largest absolute Gasteiger partial charge is 0.377 e. The average Bonchev–Trinajstić information content (AvgIpc) is 2.38. The van der Waals surface area contributed by atoms with E-state index in [4.69, 9.17) is 10.5 Å². The van der Waals surface area contributed by atoms with Crippen LogP contribution in [0.1, 0.15) is 10.4 Å². The number of benzene rings is 1. The summed E-state index contributed by atoms with van der Waals surface area (Å²) in [6, 6.07) is 4.75. The first-order valence-corrected chi connectivity index (χ1v) is 6.31. The molecule has 1 aromatic carbocycles. The molecule has 6 heteroatoms. The van der Waals surface area contributed by atoms with Gasteiger partial charge in [-0.05, 0) is 34.1 Å². The van der Waals surface area contributed by atoms with Gasteiger partial charge in [0.05, 0.1) is 18.9 Å². The molecule has 0 aromatic heterocycles. The molecule has 1 heterocycles. The molecular weight excluding hydrogens is 300 g/mol. The van der Waals surface area contributed by atoms with Gasteiger partial charge >= 0.3 is 0 Å². The first kappa shape index (κ1) is 13.0. The van der Waals surface area contributed by atoms with Crippen LogP contribution in [0.3, 0.4) is 0 Å². The van der Waals surface area contributed by atoms with E-state index in [0.29, 0.717) is 18.7 Å². The number of rotatable bonds is 3. The molecule has 0 bridgehead atoms. The van der Waals surface area contributed by atoms with Gasteiger partial charge < -0.3 is 15.4 Å². The number of carbonyl (C=O) groups excluding carboxylic acids is 2. The number of ether oxygens (including phenoxy) is 1. The number of primary amides is 1. The monoisotopic (exact) mass is 312 g/mol. The molecule has 2 rings (SSSR count). The highest BCUT2D eigenvalue weighted by molar-refractivity contribution is 9.10. The number of anilines is 1. The van der Waals surface area contributed by atoms with E-state index in [1.54, 1.807) is 18.2 Å². The van der Waals surface area contributed by atoms with E-state index in [0.717, 1.165) is 16.4 Å². The summed E-state index contributed by atoms with van der Waals surface area (Å²) in [4.78, 5) is 24.0. The van der Waals surface area contributed by atoms with Crippen molar-refractivity contribution in [2.75, 3.05) is 24.7 Å². The SMILES string of the molecule is NC(=O)C1COCCN1c1ccc(C=O)cc1Br. The molecule has 1 saturated heterocycles. The first-order chi connectivity index (χ1) is 8.63. The third kappa shape index (κ3) is 2.54. The van der Waals surface area contributed by atoms with E-state index >= 15 is 0 Å². The number of carbonyl (C=O) groups is 2.